The minimum Gasteiger partial charge on any atom is -0.377 e. The summed E-state index contributed by atoms with van der Waals surface area (Å²) in [5.41, 5.74) is 0. The average molecular weight is 224 g/mol. The predicted molar refractivity (Wildman–Crippen MR) is 65.1 cm³/mol. The lowest BCUT2D eigenvalue weighted by Crippen LogP contribution is -2.32. The molecule has 0 spiro atoms. The van der Waals surface area contributed by atoms with Crippen LogP contribution < -0.4 is 5.32 Å². The van der Waals surface area contributed by atoms with Crippen LogP contribution in [0.1, 0.15) is 51.9 Å². The van der Waals surface area contributed by atoms with Gasteiger partial charge < -0.3 is 10.1 Å². The maximum atomic E-state index is 8.61. The Labute approximate surface area is 99.2 Å². The van der Waals surface area contributed by atoms with E-state index in [9.17, 15) is 0 Å². The van der Waals surface area contributed by atoms with E-state index in [0.717, 1.165) is 19.6 Å². The summed E-state index contributed by atoms with van der Waals surface area (Å²) >= 11 is 0. The number of hydrogen-bond donors (Lipinski definition) is 1. The molecule has 1 aliphatic rings. The smallest absolute Gasteiger partial charge is 0.0638 e. The summed E-state index contributed by atoms with van der Waals surface area (Å²) < 4.78 is 5.81. The van der Waals surface area contributed by atoms with Crippen molar-refractivity contribution in [1.29, 1.82) is 5.26 Å². The summed E-state index contributed by atoms with van der Waals surface area (Å²) in [6, 6.07) is 2.54. The van der Waals surface area contributed by atoms with E-state index in [1.807, 2.05) is 0 Å². The van der Waals surface area contributed by atoms with Crippen LogP contribution in [0.15, 0.2) is 0 Å². The van der Waals surface area contributed by atoms with Gasteiger partial charge in [0.1, 0.15) is 0 Å². The van der Waals surface area contributed by atoms with Gasteiger partial charge in [-0.3, -0.25) is 0 Å². The molecule has 0 heterocycles. The maximum Gasteiger partial charge on any atom is 0.0638 e. The van der Waals surface area contributed by atoms with Crippen LogP contribution in [-0.2, 0) is 4.74 Å². The normalized spacial score (nSPS) is 19.2. The molecular formula is C13H24N2O. The first-order chi connectivity index (χ1) is 7.86. The maximum absolute atomic E-state index is 8.61. The van der Waals surface area contributed by atoms with Gasteiger partial charge >= 0.3 is 0 Å². The topological polar surface area (TPSA) is 45.0 Å². The first kappa shape index (κ1) is 13.5. The Hall–Kier alpha value is -0.590. The Balaban J connectivity index is 1.99. The lowest BCUT2D eigenvalue weighted by Gasteiger charge is -2.22. The molecule has 0 amide bonds. The fourth-order valence-corrected chi connectivity index (χ4v) is 2.19. The van der Waals surface area contributed by atoms with E-state index in [1.54, 1.807) is 0 Å². The SMILES string of the molecule is CCC(CC#N)NCCOC1CCCCC1. The Morgan fingerprint density at radius 3 is 2.75 bits per heavy atom. The molecule has 3 heteroatoms. The molecule has 1 unspecified atom stereocenters. The molecule has 1 fully saturated rings. The van der Waals surface area contributed by atoms with Crippen LogP contribution >= 0.6 is 0 Å². The second-order valence-electron chi connectivity index (χ2n) is 4.55. The highest BCUT2D eigenvalue weighted by atomic mass is 16.5. The molecule has 92 valence electrons. The van der Waals surface area contributed by atoms with E-state index in [4.69, 9.17) is 10.00 Å². The number of nitriles is 1. The van der Waals surface area contributed by atoms with Crippen LogP contribution in [0.5, 0.6) is 0 Å². The Morgan fingerprint density at radius 1 is 1.38 bits per heavy atom. The highest BCUT2D eigenvalue weighted by Gasteiger charge is 2.13. The molecular weight excluding hydrogens is 200 g/mol. The fraction of sp³-hybridized carbons (Fsp3) is 0.923. The second kappa shape index (κ2) is 8.55. The van der Waals surface area contributed by atoms with Gasteiger partial charge in [-0.05, 0) is 19.3 Å². The van der Waals surface area contributed by atoms with Crippen molar-refractivity contribution in [3.05, 3.63) is 0 Å². The Kier molecular flexibility index (Phi) is 7.20. The molecule has 0 radical (unpaired) electrons. The molecule has 1 N–H and O–H groups in total. The second-order valence-corrected chi connectivity index (χ2v) is 4.55. The van der Waals surface area contributed by atoms with E-state index in [-0.39, 0.29) is 0 Å². The molecule has 1 saturated carbocycles. The molecule has 1 aliphatic carbocycles. The van der Waals surface area contributed by atoms with Gasteiger partial charge in [0.05, 0.1) is 25.2 Å². The van der Waals surface area contributed by atoms with Crippen molar-refractivity contribution in [1.82, 2.24) is 5.32 Å². The van der Waals surface area contributed by atoms with Gasteiger partial charge in [0.15, 0.2) is 0 Å². The Morgan fingerprint density at radius 2 is 2.12 bits per heavy atom. The summed E-state index contributed by atoms with van der Waals surface area (Å²) in [5.74, 6) is 0. The number of rotatable bonds is 7. The van der Waals surface area contributed by atoms with Crippen LogP contribution in [-0.4, -0.2) is 25.3 Å². The zero-order valence-electron chi connectivity index (χ0n) is 10.4. The fourth-order valence-electron chi connectivity index (χ4n) is 2.19. The largest absolute Gasteiger partial charge is 0.377 e. The van der Waals surface area contributed by atoms with Gasteiger partial charge in [-0.2, -0.15) is 5.26 Å². The van der Waals surface area contributed by atoms with Crippen molar-refractivity contribution in [3.8, 4) is 6.07 Å². The van der Waals surface area contributed by atoms with E-state index in [1.165, 1.54) is 32.1 Å². The molecule has 1 atom stereocenters. The van der Waals surface area contributed by atoms with Crippen molar-refractivity contribution in [2.75, 3.05) is 13.2 Å². The van der Waals surface area contributed by atoms with Crippen molar-refractivity contribution in [2.45, 2.75) is 64.0 Å². The Bertz CT molecular complexity index is 206. The first-order valence-corrected chi connectivity index (χ1v) is 6.58. The van der Waals surface area contributed by atoms with Crippen LogP contribution in [0.4, 0.5) is 0 Å². The molecule has 1 rings (SSSR count). The van der Waals surface area contributed by atoms with E-state index in [0.29, 0.717) is 18.6 Å². The van der Waals surface area contributed by atoms with Crippen molar-refractivity contribution in [2.24, 2.45) is 0 Å². The average Bonchev–Trinajstić information content (AvgIpc) is 2.34. The number of hydrogen-bond acceptors (Lipinski definition) is 3. The molecule has 0 aromatic heterocycles. The predicted octanol–water partition coefficient (Wildman–Crippen LogP) is 2.62. The lowest BCUT2D eigenvalue weighted by molar-refractivity contribution is 0.0294. The van der Waals surface area contributed by atoms with Gasteiger partial charge in [0.25, 0.3) is 0 Å². The van der Waals surface area contributed by atoms with Gasteiger partial charge in [0.2, 0.25) is 0 Å². The molecule has 0 bridgehead atoms. The van der Waals surface area contributed by atoms with Crippen LogP contribution in [0, 0.1) is 11.3 Å². The highest BCUT2D eigenvalue weighted by molar-refractivity contribution is 4.79. The monoisotopic (exact) mass is 224 g/mol. The van der Waals surface area contributed by atoms with Crippen LogP contribution in [0.2, 0.25) is 0 Å². The number of nitrogens with one attached hydrogen (secondary N) is 1. The summed E-state index contributed by atoms with van der Waals surface area (Å²) in [4.78, 5) is 0. The van der Waals surface area contributed by atoms with Gasteiger partial charge in [0, 0.05) is 12.6 Å². The molecule has 0 aliphatic heterocycles. The minimum absolute atomic E-state index is 0.333. The standard InChI is InChI=1S/C13H24N2O/c1-2-12(8-9-14)15-10-11-16-13-6-4-3-5-7-13/h12-13,15H,2-8,10-11H2,1H3. The van der Waals surface area contributed by atoms with Gasteiger partial charge in [-0.15, -0.1) is 0 Å². The van der Waals surface area contributed by atoms with Crippen molar-refractivity contribution < 1.29 is 4.74 Å². The van der Waals surface area contributed by atoms with Crippen LogP contribution in [0.25, 0.3) is 0 Å². The molecule has 16 heavy (non-hydrogen) atoms. The molecule has 0 saturated heterocycles. The quantitative estimate of drug-likeness (QED) is 0.676. The third kappa shape index (κ3) is 5.48. The highest BCUT2D eigenvalue weighted by Crippen LogP contribution is 2.19. The summed E-state index contributed by atoms with van der Waals surface area (Å²) in [6.07, 6.45) is 8.58. The zero-order chi connectivity index (χ0) is 11.6. The molecule has 3 nitrogen and oxygen atoms in total. The van der Waals surface area contributed by atoms with Gasteiger partial charge in [-0.1, -0.05) is 26.2 Å². The minimum atomic E-state index is 0.333. The molecule has 0 aromatic rings. The van der Waals surface area contributed by atoms with Gasteiger partial charge in [-0.25, -0.2) is 0 Å². The summed E-state index contributed by atoms with van der Waals surface area (Å²) in [7, 11) is 0. The van der Waals surface area contributed by atoms with E-state index in [2.05, 4.69) is 18.3 Å². The number of ether oxygens (including phenoxy) is 1. The first-order valence-electron chi connectivity index (χ1n) is 6.58. The van der Waals surface area contributed by atoms with Crippen molar-refractivity contribution in [3.63, 3.8) is 0 Å². The van der Waals surface area contributed by atoms with Crippen LogP contribution in [0.3, 0.4) is 0 Å². The lowest BCUT2D eigenvalue weighted by atomic mass is 9.98. The zero-order valence-corrected chi connectivity index (χ0v) is 10.4. The summed E-state index contributed by atoms with van der Waals surface area (Å²) in [6.45, 7) is 3.76. The number of nitrogens with zero attached hydrogens (tertiary/aromatic N) is 1. The third-order valence-corrected chi connectivity index (χ3v) is 3.27. The van der Waals surface area contributed by atoms with Crippen molar-refractivity contribution >= 4 is 0 Å². The van der Waals surface area contributed by atoms with E-state index < -0.39 is 0 Å². The summed E-state index contributed by atoms with van der Waals surface area (Å²) in [5, 5.41) is 12.0. The van der Waals surface area contributed by atoms with E-state index >= 15 is 0 Å². The third-order valence-electron chi connectivity index (χ3n) is 3.27. The molecule has 0 aromatic carbocycles.